The van der Waals surface area contributed by atoms with E-state index in [1.54, 1.807) is 11.9 Å². The van der Waals surface area contributed by atoms with E-state index >= 15 is 0 Å². The number of benzene rings is 2. The van der Waals surface area contributed by atoms with Crippen LogP contribution in [0.3, 0.4) is 0 Å². The summed E-state index contributed by atoms with van der Waals surface area (Å²) in [7, 11) is 0.437. The second kappa shape index (κ2) is 12.7. The SMILES string of the molecule is COC(=O)CN1C(CO[Si](c2ccccc2)(c2ccccc2)C(C)(C)C)CCC1CN(C)C(=O)OC(C)(C)C. The first-order chi connectivity index (χ1) is 18.3. The van der Waals surface area contributed by atoms with Crippen LogP contribution in [0.25, 0.3) is 0 Å². The third-order valence-electron chi connectivity index (χ3n) is 7.41. The lowest BCUT2D eigenvalue weighted by Crippen LogP contribution is -2.67. The number of ether oxygens (including phenoxy) is 2. The van der Waals surface area contributed by atoms with Crippen LogP contribution in [0, 0.1) is 0 Å². The van der Waals surface area contributed by atoms with Gasteiger partial charge in [0.2, 0.25) is 0 Å². The Morgan fingerprint density at radius 3 is 1.87 bits per heavy atom. The Bertz CT molecular complexity index is 1040. The van der Waals surface area contributed by atoms with Gasteiger partial charge in [-0.2, -0.15) is 0 Å². The average Bonchev–Trinajstić information content (AvgIpc) is 3.24. The number of likely N-dealkylation sites (tertiary alicyclic amines) is 1. The van der Waals surface area contributed by atoms with Gasteiger partial charge in [0.15, 0.2) is 0 Å². The molecule has 0 aliphatic carbocycles. The Hall–Kier alpha value is -2.68. The van der Waals surface area contributed by atoms with Gasteiger partial charge in [0.05, 0.1) is 20.3 Å². The quantitative estimate of drug-likeness (QED) is 0.337. The van der Waals surface area contributed by atoms with Crippen LogP contribution in [-0.4, -0.2) is 81.7 Å². The minimum absolute atomic E-state index is 0.00521. The van der Waals surface area contributed by atoms with Crippen LogP contribution < -0.4 is 10.4 Å². The lowest BCUT2D eigenvalue weighted by molar-refractivity contribution is -0.142. The van der Waals surface area contributed by atoms with E-state index in [0.717, 1.165) is 12.8 Å². The summed E-state index contributed by atoms with van der Waals surface area (Å²) in [4.78, 5) is 28.9. The molecule has 3 rings (SSSR count). The van der Waals surface area contributed by atoms with Crippen molar-refractivity contribution in [3.8, 4) is 0 Å². The minimum Gasteiger partial charge on any atom is -0.468 e. The Morgan fingerprint density at radius 1 is 0.897 bits per heavy atom. The second-order valence-electron chi connectivity index (χ2n) is 12.5. The fourth-order valence-corrected chi connectivity index (χ4v) is 10.2. The molecule has 1 aliphatic rings. The molecular weight excluding hydrogens is 508 g/mol. The van der Waals surface area contributed by atoms with Crippen LogP contribution in [0.5, 0.6) is 0 Å². The zero-order chi connectivity index (χ0) is 28.8. The van der Waals surface area contributed by atoms with E-state index in [1.807, 2.05) is 32.9 Å². The van der Waals surface area contributed by atoms with Gasteiger partial charge in [-0.3, -0.25) is 9.69 Å². The van der Waals surface area contributed by atoms with Crippen LogP contribution in [0.2, 0.25) is 5.04 Å². The smallest absolute Gasteiger partial charge is 0.410 e. The van der Waals surface area contributed by atoms with E-state index in [1.165, 1.54) is 17.5 Å². The first kappa shape index (κ1) is 30.9. The number of carbonyl (C=O) groups is 2. The molecule has 1 fully saturated rings. The first-order valence-electron chi connectivity index (χ1n) is 13.8. The number of carbonyl (C=O) groups excluding carboxylic acids is 2. The van der Waals surface area contributed by atoms with E-state index in [0.29, 0.717) is 13.2 Å². The highest BCUT2D eigenvalue weighted by atomic mass is 28.4. The number of methoxy groups -OCH3 is 1. The molecule has 0 spiro atoms. The van der Waals surface area contributed by atoms with Crippen molar-refractivity contribution in [1.82, 2.24) is 9.80 Å². The van der Waals surface area contributed by atoms with Gasteiger partial charge in [-0.25, -0.2) is 4.79 Å². The van der Waals surface area contributed by atoms with Crippen molar-refractivity contribution in [3.05, 3.63) is 60.7 Å². The van der Waals surface area contributed by atoms with Crippen LogP contribution >= 0.6 is 0 Å². The van der Waals surface area contributed by atoms with Gasteiger partial charge in [0, 0.05) is 25.7 Å². The third kappa shape index (κ3) is 7.50. The summed E-state index contributed by atoms with van der Waals surface area (Å²) in [6, 6.07) is 21.1. The molecule has 2 aromatic rings. The topological polar surface area (TPSA) is 68.3 Å². The van der Waals surface area contributed by atoms with Gasteiger partial charge in [-0.15, -0.1) is 0 Å². The summed E-state index contributed by atoms with van der Waals surface area (Å²) in [5, 5.41) is 2.31. The molecule has 7 nitrogen and oxygen atoms in total. The molecule has 39 heavy (non-hydrogen) atoms. The number of nitrogens with zero attached hydrogens (tertiary/aromatic N) is 2. The van der Waals surface area contributed by atoms with Crippen molar-refractivity contribution in [1.29, 1.82) is 0 Å². The fourth-order valence-electron chi connectivity index (χ4n) is 5.57. The standard InChI is InChI=1S/C31H46N2O5Si/c1-30(2,3)38-29(35)32(7)21-24-19-20-25(33(24)22-28(34)36-8)23-37-39(31(4,5)6,26-15-11-9-12-16-26)27-17-13-10-14-18-27/h9-18,24-25H,19-23H2,1-8H3. The van der Waals surface area contributed by atoms with Crippen LogP contribution in [-0.2, 0) is 18.7 Å². The molecule has 214 valence electrons. The molecule has 1 amide bonds. The van der Waals surface area contributed by atoms with E-state index in [-0.39, 0.29) is 35.7 Å². The second-order valence-corrected chi connectivity index (χ2v) is 16.8. The Labute approximate surface area is 235 Å². The fraction of sp³-hybridized carbons (Fsp3) is 0.548. The van der Waals surface area contributed by atoms with E-state index in [4.69, 9.17) is 13.9 Å². The zero-order valence-electron chi connectivity index (χ0n) is 24.9. The number of likely N-dealkylation sites (N-methyl/N-ethyl adjacent to an activating group) is 1. The van der Waals surface area contributed by atoms with Crippen molar-refractivity contribution in [2.45, 2.75) is 77.1 Å². The van der Waals surface area contributed by atoms with Crippen molar-refractivity contribution >= 4 is 30.8 Å². The highest BCUT2D eigenvalue weighted by Gasteiger charge is 2.51. The molecule has 0 aromatic heterocycles. The molecular formula is C31H46N2O5Si. The van der Waals surface area contributed by atoms with Gasteiger partial charge in [0.1, 0.15) is 5.60 Å². The Balaban J connectivity index is 1.89. The third-order valence-corrected chi connectivity index (χ3v) is 12.4. The minimum atomic E-state index is -2.72. The van der Waals surface area contributed by atoms with E-state index < -0.39 is 13.9 Å². The highest BCUT2D eigenvalue weighted by Crippen LogP contribution is 2.37. The highest BCUT2D eigenvalue weighted by molar-refractivity contribution is 6.99. The summed E-state index contributed by atoms with van der Waals surface area (Å²) in [6.45, 7) is 13.5. The predicted molar refractivity (Wildman–Crippen MR) is 158 cm³/mol. The monoisotopic (exact) mass is 554 g/mol. The van der Waals surface area contributed by atoms with Crippen molar-refractivity contribution in [2.24, 2.45) is 0 Å². The lowest BCUT2D eigenvalue weighted by atomic mass is 10.2. The largest absolute Gasteiger partial charge is 0.468 e. The molecule has 8 heteroatoms. The molecule has 0 radical (unpaired) electrons. The average molecular weight is 555 g/mol. The molecule has 1 saturated heterocycles. The summed E-state index contributed by atoms with van der Waals surface area (Å²) < 4.78 is 17.8. The van der Waals surface area contributed by atoms with Crippen LogP contribution in [0.15, 0.2) is 60.7 Å². The summed E-state index contributed by atoms with van der Waals surface area (Å²) in [5.74, 6) is -0.294. The van der Waals surface area contributed by atoms with Crippen molar-refractivity contribution in [3.63, 3.8) is 0 Å². The first-order valence-corrected chi connectivity index (χ1v) is 15.7. The summed E-state index contributed by atoms with van der Waals surface area (Å²) in [5.41, 5.74) is -0.571. The number of amides is 1. The molecule has 0 saturated carbocycles. The molecule has 2 atom stereocenters. The molecule has 2 aromatic carbocycles. The normalized spacial score (nSPS) is 18.6. The number of hydrogen-bond acceptors (Lipinski definition) is 6. The maximum atomic E-state index is 12.7. The Morgan fingerprint density at radius 2 is 1.41 bits per heavy atom. The molecule has 1 aliphatic heterocycles. The maximum Gasteiger partial charge on any atom is 0.410 e. The van der Waals surface area contributed by atoms with Gasteiger partial charge < -0.3 is 18.8 Å². The van der Waals surface area contributed by atoms with Crippen molar-refractivity contribution in [2.75, 3.05) is 33.9 Å². The number of hydrogen-bond donors (Lipinski definition) is 0. The number of esters is 1. The molecule has 1 heterocycles. The molecule has 0 bridgehead atoms. The van der Waals surface area contributed by atoms with Gasteiger partial charge in [0.25, 0.3) is 8.32 Å². The Kier molecular flexibility index (Phi) is 10.0. The van der Waals surface area contributed by atoms with Gasteiger partial charge >= 0.3 is 12.1 Å². The van der Waals surface area contributed by atoms with Crippen LogP contribution in [0.1, 0.15) is 54.4 Å². The molecule has 0 N–H and O–H groups in total. The van der Waals surface area contributed by atoms with Crippen LogP contribution in [0.4, 0.5) is 4.79 Å². The van der Waals surface area contributed by atoms with Crippen molar-refractivity contribution < 1.29 is 23.5 Å². The van der Waals surface area contributed by atoms with E-state index in [2.05, 4.69) is 74.2 Å². The predicted octanol–water partition coefficient (Wildman–Crippen LogP) is 4.44. The lowest BCUT2D eigenvalue weighted by Gasteiger charge is -2.44. The summed E-state index contributed by atoms with van der Waals surface area (Å²) in [6.07, 6.45) is 1.34. The van der Waals surface area contributed by atoms with E-state index in [9.17, 15) is 9.59 Å². The van der Waals surface area contributed by atoms with Gasteiger partial charge in [-0.05, 0) is 49.0 Å². The van der Waals surface area contributed by atoms with Gasteiger partial charge in [-0.1, -0.05) is 81.4 Å². The summed E-state index contributed by atoms with van der Waals surface area (Å²) >= 11 is 0. The number of rotatable bonds is 9. The maximum absolute atomic E-state index is 12.7. The molecule has 2 unspecified atom stereocenters. The zero-order valence-corrected chi connectivity index (χ0v) is 25.9.